The summed E-state index contributed by atoms with van der Waals surface area (Å²) in [6, 6.07) is 9.14. The van der Waals surface area contributed by atoms with Crippen molar-refractivity contribution in [3.05, 3.63) is 91.9 Å². The summed E-state index contributed by atoms with van der Waals surface area (Å²) in [5, 5.41) is 9.40. The van der Waals surface area contributed by atoms with E-state index < -0.39 is 23.4 Å². The van der Waals surface area contributed by atoms with E-state index in [1.807, 2.05) is 0 Å². The number of carbonyl (C=O) groups is 1. The molecule has 3 aromatic heterocycles. The minimum Gasteiger partial charge on any atom is -0.478 e. The molecule has 0 unspecified atom stereocenters. The van der Waals surface area contributed by atoms with Crippen molar-refractivity contribution in [2.45, 2.75) is 32.1 Å². The van der Waals surface area contributed by atoms with Crippen molar-refractivity contribution in [3.63, 3.8) is 0 Å². The highest BCUT2D eigenvalue weighted by Gasteiger charge is 2.25. The third-order valence-electron chi connectivity index (χ3n) is 6.68. The summed E-state index contributed by atoms with van der Waals surface area (Å²) >= 11 is 4.70. The number of pyridine rings is 1. The Morgan fingerprint density at radius 2 is 1.98 bits per heavy atom. The van der Waals surface area contributed by atoms with E-state index >= 15 is 8.78 Å². The molecule has 41 heavy (non-hydrogen) atoms. The number of carboxylic acid groups (broad SMARTS) is 1. The van der Waals surface area contributed by atoms with Gasteiger partial charge < -0.3 is 19.1 Å². The molecule has 2 aromatic carbocycles. The summed E-state index contributed by atoms with van der Waals surface area (Å²) in [6.45, 7) is 1.06. The van der Waals surface area contributed by atoms with E-state index in [1.165, 1.54) is 17.4 Å². The molecule has 13 heteroatoms. The smallest absolute Gasteiger partial charge is 0.335 e. The number of imidazole rings is 1. The number of aromatic nitrogens is 4. The maximum absolute atomic E-state index is 15.4. The summed E-state index contributed by atoms with van der Waals surface area (Å²) in [5.41, 5.74) is 0.0989. The van der Waals surface area contributed by atoms with Gasteiger partial charge in [-0.05, 0) is 58.2 Å². The van der Waals surface area contributed by atoms with E-state index in [0.29, 0.717) is 6.61 Å². The molecule has 0 spiro atoms. The summed E-state index contributed by atoms with van der Waals surface area (Å²) in [4.78, 5) is 25.2. The number of aromatic carboxylic acids is 1. The average molecular weight is 645 g/mol. The molecule has 0 amide bonds. The van der Waals surface area contributed by atoms with Crippen molar-refractivity contribution in [1.82, 2.24) is 19.5 Å². The first kappa shape index (κ1) is 27.4. The number of hydrogen-bond donors (Lipinski definition) is 1. The third kappa shape index (κ3) is 5.69. The minimum atomic E-state index is -1.29. The van der Waals surface area contributed by atoms with Crippen molar-refractivity contribution in [3.8, 4) is 17.1 Å². The van der Waals surface area contributed by atoms with Crippen LogP contribution in [0.25, 0.3) is 22.3 Å². The quantitative estimate of drug-likeness (QED) is 0.198. The number of benzene rings is 2. The predicted octanol–water partition coefficient (Wildman–Crippen LogP) is 6.39. The normalized spacial score (nSPS) is 14.8. The van der Waals surface area contributed by atoms with Crippen LogP contribution in [0, 0.1) is 17.5 Å². The van der Waals surface area contributed by atoms with Crippen molar-refractivity contribution in [2.75, 3.05) is 6.61 Å². The van der Waals surface area contributed by atoms with Crippen LogP contribution >= 0.6 is 27.3 Å². The van der Waals surface area contributed by atoms with E-state index in [9.17, 15) is 14.3 Å². The monoisotopic (exact) mass is 644 g/mol. The maximum atomic E-state index is 15.4. The zero-order valence-electron chi connectivity index (χ0n) is 21.1. The van der Waals surface area contributed by atoms with Gasteiger partial charge in [-0.3, -0.25) is 0 Å². The van der Waals surface area contributed by atoms with Crippen LogP contribution in [-0.4, -0.2) is 43.3 Å². The summed E-state index contributed by atoms with van der Waals surface area (Å²) < 4.78 is 59.1. The van der Waals surface area contributed by atoms with E-state index in [-0.39, 0.29) is 70.8 Å². The number of nitrogens with zero attached hydrogens (tertiary/aromatic N) is 4. The van der Waals surface area contributed by atoms with Gasteiger partial charge in [0.25, 0.3) is 0 Å². The fourth-order valence-corrected chi connectivity index (χ4v) is 5.83. The van der Waals surface area contributed by atoms with Crippen LogP contribution in [0.2, 0.25) is 0 Å². The van der Waals surface area contributed by atoms with Gasteiger partial charge in [0.1, 0.15) is 29.6 Å². The van der Waals surface area contributed by atoms with Gasteiger partial charge in [-0.2, -0.15) is 0 Å². The van der Waals surface area contributed by atoms with E-state index in [4.69, 9.17) is 9.47 Å². The Bertz CT molecular complexity index is 1790. The Kier molecular flexibility index (Phi) is 7.49. The molecule has 1 atom stereocenters. The molecule has 5 aromatic rings. The molecule has 0 bridgehead atoms. The molecule has 4 heterocycles. The molecular weight excluding hydrogens is 625 g/mol. The van der Waals surface area contributed by atoms with Gasteiger partial charge in [-0.25, -0.2) is 32.9 Å². The number of fused-ring (bicyclic) bond motifs is 1. The van der Waals surface area contributed by atoms with Gasteiger partial charge in [0.15, 0.2) is 9.73 Å². The lowest BCUT2D eigenvalue weighted by molar-refractivity contribution is -0.0589. The van der Waals surface area contributed by atoms with E-state index in [1.54, 1.807) is 29.0 Å². The number of halogens is 4. The van der Waals surface area contributed by atoms with Crippen molar-refractivity contribution < 1.29 is 32.5 Å². The lowest BCUT2D eigenvalue weighted by Gasteiger charge is -2.27. The molecule has 1 fully saturated rings. The second-order valence-electron chi connectivity index (χ2n) is 9.38. The molecule has 1 aliphatic heterocycles. The fraction of sp³-hybridized carbons (Fsp3) is 0.214. The van der Waals surface area contributed by atoms with Gasteiger partial charge >= 0.3 is 5.97 Å². The Morgan fingerprint density at radius 3 is 2.68 bits per heavy atom. The van der Waals surface area contributed by atoms with Crippen LogP contribution in [-0.2, 0) is 24.3 Å². The van der Waals surface area contributed by atoms with Crippen LogP contribution in [0.1, 0.15) is 33.0 Å². The number of ether oxygens (including phenoxy) is 2. The molecule has 1 aliphatic rings. The molecule has 1 saturated heterocycles. The van der Waals surface area contributed by atoms with Crippen LogP contribution in [0.5, 0.6) is 5.88 Å². The molecule has 0 saturated carbocycles. The number of rotatable bonds is 9. The van der Waals surface area contributed by atoms with Crippen LogP contribution < -0.4 is 4.74 Å². The maximum Gasteiger partial charge on any atom is 0.335 e. The average Bonchev–Trinajstić information content (AvgIpc) is 3.50. The first-order valence-corrected chi connectivity index (χ1v) is 14.1. The molecule has 0 radical (unpaired) electrons. The molecule has 1 N–H and O–H groups in total. The summed E-state index contributed by atoms with van der Waals surface area (Å²) in [5.74, 6) is -3.01. The standard InChI is InChI=1S/C28H20BrF3N4O4S/c29-28-33-11-17(41-28)13-40-25-3-1-2-22(34-25)18-10-19(30)14(6-20(18)31)9-24-35-26-21(32)7-15(27(37)38)8-23(26)36(24)12-16-4-5-39-16/h1-3,6-8,10-11,16H,4-5,9,12-13H2,(H,37,38)/t16-/m0/s1. The predicted molar refractivity (Wildman–Crippen MR) is 148 cm³/mol. The van der Waals surface area contributed by atoms with Gasteiger partial charge in [0, 0.05) is 30.9 Å². The van der Waals surface area contributed by atoms with Crippen molar-refractivity contribution in [2.24, 2.45) is 0 Å². The van der Waals surface area contributed by atoms with Gasteiger partial charge in [0.2, 0.25) is 5.88 Å². The lowest BCUT2D eigenvalue weighted by Crippen LogP contribution is -2.31. The Hall–Kier alpha value is -3.81. The second kappa shape index (κ2) is 11.2. The highest BCUT2D eigenvalue weighted by atomic mass is 79.9. The van der Waals surface area contributed by atoms with Crippen LogP contribution in [0.15, 0.2) is 52.6 Å². The van der Waals surface area contributed by atoms with Crippen LogP contribution in [0.3, 0.4) is 0 Å². The topological polar surface area (TPSA) is 99.4 Å². The zero-order valence-corrected chi connectivity index (χ0v) is 23.5. The van der Waals surface area contributed by atoms with Crippen molar-refractivity contribution in [1.29, 1.82) is 0 Å². The SMILES string of the molecule is O=C(O)c1cc(F)c2nc(Cc3cc(F)c(-c4cccc(OCc5cnc(Br)s5)n4)cc3F)n(C[C@@H]3CCO3)c2c1. The first-order chi connectivity index (χ1) is 19.7. The second-order valence-corrected chi connectivity index (χ2v) is 11.8. The fourth-order valence-electron chi connectivity index (χ4n) is 4.55. The van der Waals surface area contributed by atoms with Crippen molar-refractivity contribution >= 4 is 44.3 Å². The number of hydrogen-bond acceptors (Lipinski definition) is 7. The number of carboxylic acids is 1. The molecule has 6 rings (SSSR count). The minimum absolute atomic E-state index is 0.000577. The molecule has 210 valence electrons. The largest absolute Gasteiger partial charge is 0.478 e. The van der Waals surface area contributed by atoms with E-state index in [2.05, 4.69) is 30.9 Å². The lowest BCUT2D eigenvalue weighted by atomic mass is 10.0. The molecule has 0 aliphatic carbocycles. The molecule has 8 nitrogen and oxygen atoms in total. The highest BCUT2D eigenvalue weighted by Crippen LogP contribution is 2.30. The summed E-state index contributed by atoms with van der Waals surface area (Å²) in [6.07, 6.45) is 2.09. The third-order valence-corrected chi connectivity index (χ3v) is 8.13. The number of thiazole rings is 1. The Morgan fingerprint density at radius 1 is 1.15 bits per heavy atom. The Balaban J connectivity index is 1.30. The first-order valence-electron chi connectivity index (χ1n) is 12.5. The van der Waals surface area contributed by atoms with E-state index in [0.717, 1.165) is 33.4 Å². The summed E-state index contributed by atoms with van der Waals surface area (Å²) in [7, 11) is 0. The highest BCUT2D eigenvalue weighted by molar-refractivity contribution is 9.11. The van der Waals surface area contributed by atoms with Gasteiger partial charge in [-0.15, -0.1) is 11.3 Å². The zero-order chi connectivity index (χ0) is 28.7. The Labute approximate surface area is 243 Å². The van der Waals surface area contributed by atoms with Gasteiger partial charge in [-0.1, -0.05) is 6.07 Å². The van der Waals surface area contributed by atoms with Crippen LogP contribution in [0.4, 0.5) is 13.2 Å². The van der Waals surface area contributed by atoms with Gasteiger partial charge in [0.05, 0.1) is 34.3 Å². The molecular formula is C28H20BrF3N4O4S.